The number of amidine groups is 1. The number of hydrogen-bond acceptors (Lipinski definition) is 4. The average molecular weight is 368 g/mol. The Hall–Kier alpha value is -1.88. The molecule has 1 saturated heterocycles. The van der Waals surface area contributed by atoms with Crippen LogP contribution in [0.15, 0.2) is 39.4 Å². The van der Waals surface area contributed by atoms with Crippen LogP contribution in [-0.2, 0) is 4.79 Å². The lowest BCUT2D eigenvalue weighted by Crippen LogP contribution is -2.32. The van der Waals surface area contributed by atoms with Crippen molar-refractivity contribution >= 4 is 34.6 Å². The number of aryl methyl sites for hydroxylation is 1. The van der Waals surface area contributed by atoms with Crippen molar-refractivity contribution in [3.05, 3.63) is 40.3 Å². The highest BCUT2D eigenvalue weighted by Crippen LogP contribution is 2.64. The number of fused-ring (bicyclic) bond motifs is 2. The molecule has 5 heteroatoms. The molecule has 1 amide bonds. The number of nitrogens with one attached hydrogen (secondary N) is 1. The molecule has 2 bridgehead atoms. The fraction of sp³-hybridized carbons (Fsp3) is 0.476. The van der Waals surface area contributed by atoms with Gasteiger partial charge in [-0.25, -0.2) is 0 Å². The van der Waals surface area contributed by atoms with Crippen molar-refractivity contribution in [1.82, 2.24) is 5.32 Å². The zero-order chi connectivity index (χ0) is 18.5. The topological polar surface area (TPSA) is 53.8 Å². The van der Waals surface area contributed by atoms with Gasteiger partial charge >= 0.3 is 0 Å². The third-order valence-electron chi connectivity index (χ3n) is 6.76. The van der Waals surface area contributed by atoms with Gasteiger partial charge in [0.1, 0.15) is 0 Å². The normalized spacial score (nSPS) is 34.2. The molecule has 2 aliphatic carbocycles. The number of rotatable bonds is 2. The molecule has 1 aromatic carbocycles. The minimum Gasteiger partial charge on any atom is -0.299 e. The van der Waals surface area contributed by atoms with Crippen LogP contribution in [0.2, 0.25) is 0 Å². The predicted octanol–water partition coefficient (Wildman–Crippen LogP) is 4.76. The number of carbonyl (C=O) groups is 1. The first-order valence-corrected chi connectivity index (χ1v) is 10.0. The van der Waals surface area contributed by atoms with E-state index in [1.54, 1.807) is 0 Å². The fourth-order valence-electron chi connectivity index (χ4n) is 4.57. The number of hydrogen-bond donors (Lipinski definition) is 1. The van der Waals surface area contributed by atoms with Crippen LogP contribution < -0.4 is 5.32 Å². The smallest absolute Gasteiger partial charge is 0.264 e. The first kappa shape index (κ1) is 17.5. The van der Waals surface area contributed by atoms with E-state index in [2.05, 4.69) is 42.4 Å². The Morgan fingerprint density at radius 3 is 2.73 bits per heavy atom. The Morgan fingerprint density at radius 1 is 1.27 bits per heavy atom. The van der Waals surface area contributed by atoms with Crippen molar-refractivity contribution in [3.8, 4) is 0 Å². The molecule has 0 spiro atoms. The number of benzene rings is 1. The van der Waals surface area contributed by atoms with Gasteiger partial charge in [-0.15, -0.1) is 5.10 Å². The van der Waals surface area contributed by atoms with Gasteiger partial charge in [-0.2, -0.15) is 5.10 Å². The summed E-state index contributed by atoms with van der Waals surface area (Å²) in [5.74, 6) is 0.601. The minimum atomic E-state index is -0.102. The zero-order valence-electron chi connectivity index (χ0n) is 15.8. The Bertz CT molecular complexity index is 868. The molecule has 1 aromatic rings. The molecule has 1 N–H and O–H groups in total. The summed E-state index contributed by atoms with van der Waals surface area (Å²) < 4.78 is 0. The van der Waals surface area contributed by atoms with Crippen LogP contribution in [0.4, 0.5) is 0 Å². The first-order valence-electron chi connectivity index (χ1n) is 9.22. The van der Waals surface area contributed by atoms with Gasteiger partial charge in [-0.3, -0.25) is 10.1 Å². The lowest BCUT2D eigenvalue weighted by atomic mass is 9.70. The molecular weight excluding hydrogens is 342 g/mol. The van der Waals surface area contributed by atoms with E-state index in [9.17, 15) is 4.79 Å². The Morgan fingerprint density at radius 2 is 2.08 bits per heavy atom. The molecule has 3 aliphatic rings. The van der Waals surface area contributed by atoms with E-state index in [1.165, 1.54) is 35.9 Å². The second-order valence-electron chi connectivity index (χ2n) is 8.42. The molecule has 2 saturated carbocycles. The van der Waals surface area contributed by atoms with Gasteiger partial charge in [0.25, 0.3) is 5.91 Å². The summed E-state index contributed by atoms with van der Waals surface area (Å²) in [5, 5.41) is 12.4. The summed E-state index contributed by atoms with van der Waals surface area (Å²) in [5.41, 5.74) is 3.81. The summed E-state index contributed by atoms with van der Waals surface area (Å²) in [6, 6.07) is 8.11. The number of nitrogens with zero attached hydrogens (tertiary/aromatic N) is 2. The Labute approximate surface area is 159 Å². The van der Waals surface area contributed by atoms with Crippen molar-refractivity contribution in [2.24, 2.45) is 27.0 Å². The highest BCUT2D eigenvalue weighted by atomic mass is 32.2. The van der Waals surface area contributed by atoms with E-state index < -0.39 is 0 Å². The van der Waals surface area contributed by atoms with E-state index >= 15 is 0 Å². The van der Waals surface area contributed by atoms with Crippen LogP contribution >= 0.6 is 11.8 Å². The molecule has 0 radical (unpaired) electrons. The van der Waals surface area contributed by atoms with Gasteiger partial charge in [0.05, 0.1) is 4.91 Å². The lowest BCUT2D eigenvalue weighted by Gasteiger charge is -2.34. The van der Waals surface area contributed by atoms with Gasteiger partial charge in [0, 0.05) is 11.1 Å². The quantitative estimate of drug-likeness (QED) is 0.605. The first-order chi connectivity index (χ1) is 12.3. The van der Waals surface area contributed by atoms with Gasteiger partial charge < -0.3 is 0 Å². The SMILES string of the molecule is Cc1cccc(/C=C2/S/C(=N/N=C3/C[C@@H]4CC[C@@]3(C)C4(C)C)NC2=O)c1. The maximum atomic E-state index is 12.2. The third-order valence-corrected chi connectivity index (χ3v) is 7.66. The molecule has 1 heterocycles. The number of thioether (sulfide) groups is 1. The summed E-state index contributed by atoms with van der Waals surface area (Å²) in [4.78, 5) is 12.9. The van der Waals surface area contributed by atoms with Crippen molar-refractivity contribution < 1.29 is 4.79 Å². The molecule has 2 atom stereocenters. The molecule has 3 fully saturated rings. The maximum absolute atomic E-state index is 12.2. The van der Waals surface area contributed by atoms with E-state index in [4.69, 9.17) is 0 Å². The van der Waals surface area contributed by atoms with Crippen molar-refractivity contribution in [2.75, 3.05) is 0 Å². The molecular formula is C21H25N3OS. The monoisotopic (exact) mass is 367 g/mol. The fourth-order valence-corrected chi connectivity index (χ4v) is 5.34. The standard InChI is InChI=1S/C21H25N3OS/c1-13-6-5-7-14(10-13)11-16-18(25)22-19(26-16)24-23-17-12-15-8-9-21(17,4)20(15,2)3/h5-7,10-11,15H,8-9,12H2,1-4H3,(H,22,24,25)/b16-11+,23-17-/t15-,21+/m0/s1. The third kappa shape index (κ3) is 2.73. The van der Waals surface area contributed by atoms with E-state index in [1.807, 2.05) is 31.2 Å². The second-order valence-corrected chi connectivity index (χ2v) is 9.45. The minimum absolute atomic E-state index is 0.102. The molecule has 1 aliphatic heterocycles. The Kier molecular flexibility index (Phi) is 4.10. The summed E-state index contributed by atoms with van der Waals surface area (Å²) in [6.45, 7) is 9.08. The van der Waals surface area contributed by atoms with Crippen molar-refractivity contribution in [2.45, 2.75) is 47.0 Å². The van der Waals surface area contributed by atoms with Crippen LogP contribution in [0.5, 0.6) is 0 Å². The lowest BCUT2D eigenvalue weighted by molar-refractivity contribution is -0.115. The van der Waals surface area contributed by atoms with Crippen molar-refractivity contribution in [1.29, 1.82) is 0 Å². The number of carbonyl (C=O) groups excluding carboxylic acids is 1. The molecule has 0 aromatic heterocycles. The van der Waals surface area contributed by atoms with Gasteiger partial charge in [-0.05, 0) is 60.9 Å². The van der Waals surface area contributed by atoms with E-state index in [-0.39, 0.29) is 16.7 Å². The zero-order valence-corrected chi connectivity index (χ0v) is 16.6. The maximum Gasteiger partial charge on any atom is 0.264 e. The largest absolute Gasteiger partial charge is 0.299 e. The van der Waals surface area contributed by atoms with Crippen molar-refractivity contribution in [3.63, 3.8) is 0 Å². The average Bonchev–Trinajstić information content (AvgIpc) is 3.10. The summed E-state index contributed by atoms with van der Waals surface area (Å²) in [7, 11) is 0. The molecule has 136 valence electrons. The molecule has 4 rings (SSSR count). The highest BCUT2D eigenvalue weighted by Gasteiger charge is 2.60. The van der Waals surface area contributed by atoms with Crippen LogP contribution in [0.25, 0.3) is 6.08 Å². The predicted molar refractivity (Wildman–Crippen MR) is 109 cm³/mol. The summed E-state index contributed by atoms with van der Waals surface area (Å²) >= 11 is 1.37. The van der Waals surface area contributed by atoms with Crippen LogP contribution in [0, 0.1) is 23.7 Å². The molecule has 4 nitrogen and oxygen atoms in total. The van der Waals surface area contributed by atoms with Gasteiger partial charge in [0.2, 0.25) is 0 Å². The second kappa shape index (κ2) is 6.08. The van der Waals surface area contributed by atoms with E-state index in [0.29, 0.717) is 16.0 Å². The van der Waals surface area contributed by atoms with Crippen LogP contribution in [0.1, 0.15) is 51.2 Å². The summed E-state index contributed by atoms with van der Waals surface area (Å²) in [6.07, 6.45) is 5.41. The number of amides is 1. The Balaban J connectivity index is 1.55. The van der Waals surface area contributed by atoms with Gasteiger partial charge in [0.15, 0.2) is 5.17 Å². The molecule has 26 heavy (non-hydrogen) atoms. The highest BCUT2D eigenvalue weighted by molar-refractivity contribution is 8.18. The van der Waals surface area contributed by atoms with Crippen LogP contribution in [0.3, 0.4) is 0 Å². The molecule has 0 unspecified atom stereocenters. The van der Waals surface area contributed by atoms with E-state index in [0.717, 1.165) is 12.0 Å². The van der Waals surface area contributed by atoms with Gasteiger partial charge in [-0.1, -0.05) is 50.6 Å². The van der Waals surface area contributed by atoms with Crippen LogP contribution in [-0.4, -0.2) is 16.8 Å².